The van der Waals surface area contributed by atoms with E-state index in [1.165, 1.54) is 6.07 Å². The van der Waals surface area contributed by atoms with Crippen LogP contribution in [0.3, 0.4) is 0 Å². The highest BCUT2D eigenvalue weighted by Crippen LogP contribution is 2.28. The van der Waals surface area contributed by atoms with Gasteiger partial charge in [0.25, 0.3) is 0 Å². The van der Waals surface area contributed by atoms with Crippen LogP contribution in [0.2, 0.25) is 0 Å². The number of furan rings is 1. The van der Waals surface area contributed by atoms with E-state index in [0.717, 1.165) is 11.1 Å². The van der Waals surface area contributed by atoms with Gasteiger partial charge in [-0.15, -0.1) is 0 Å². The molecule has 146 valence electrons. The van der Waals surface area contributed by atoms with Crippen molar-refractivity contribution in [3.05, 3.63) is 83.3 Å². The van der Waals surface area contributed by atoms with Gasteiger partial charge < -0.3 is 19.0 Å². The smallest absolute Gasteiger partial charge is 0.371 e. The van der Waals surface area contributed by atoms with Crippen molar-refractivity contribution >= 4 is 5.97 Å². The molecule has 2 aromatic carbocycles. The third kappa shape index (κ3) is 4.92. The summed E-state index contributed by atoms with van der Waals surface area (Å²) in [5, 5.41) is 9.08. The van der Waals surface area contributed by atoms with Crippen molar-refractivity contribution in [2.24, 2.45) is 0 Å². The lowest BCUT2D eigenvalue weighted by atomic mass is 10.1. The Hall–Kier alpha value is -3.25. The van der Waals surface area contributed by atoms with Crippen LogP contribution in [0.5, 0.6) is 11.5 Å². The summed E-state index contributed by atoms with van der Waals surface area (Å²) in [6, 6.07) is 19.1. The molecule has 0 aliphatic heterocycles. The topological polar surface area (TPSA) is 72.1 Å². The Morgan fingerprint density at radius 3 is 2.25 bits per heavy atom. The van der Waals surface area contributed by atoms with Crippen LogP contribution in [0.15, 0.2) is 65.1 Å². The van der Waals surface area contributed by atoms with Crippen LogP contribution in [0.1, 0.15) is 27.4 Å². The maximum atomic E-state index is 11.1. The quantitative estimate of drug-likeness (QED) is 0.599. The molecular formula is C22H23NO5. The lowest BCUT2D eigenvalue weighted by molar-refractivity contribution is 0.0658. The Kier molecular flexibility index (Phi) is 6.34. The fraction of sp³-hybridized carbons (Fsp3) is 0.227. The average Bonchev–Trinajstić information content (AvgIpc) is 3.17. The number of methoxy groups -OCH3 is 2. The van der Waals surface area contributed by atoms with Crippen LogP contribution in [-0.2, 0) is 19.6 Å². The summed E-state index contributed by atoms with van der Waals surface area (Å²) in [6.07, 6.45) is 0. The maximum Gasteiger partial charge on any atom is 0.371 e. The molecule has 0 atom stereocenters. The fourth-order valence-electron chi connectivity index (χ4n) is 3.04. The summed E-state index contributed by atoms with van der Waals surface area (Å²) in [5.41, 5.74) is 2.21. The van der Waals surface area contributed by atoms with Gasteiger partial charge in [0.05, 0.1) is 20.8 Å². The zero-order valence-electron chi connectivity index (χ0n) is 15.9. The minimum Gasteiger partial charge on any atom is -0.493 e. The minimum absolute atomic E-state index is 0.0548. The van der Waals surface area contributed by atoms with Crippen molar-refractivity contribution in [1.82, 2.24) is 4.90 Å². The van der Waals surface area contributed by atoms with Gasteiger partial charge in [-0.3, -0.25) is 4.90 Å². The van der Waals surface area contributed by atoms with Gasteiger partial charge in [-0.05, 0) is 35.4 Å². The zero-order chi connectivity index (χ0) is 19.9. The average molecular weight is 381 g/mol. The normalized spacial score (nSPS) is 10.8. The second kappa shape index (κ2) is 9.10. The van der Waals surface area contributed by atoms with E-state index in [1.807, 2.05) is 36.4 Å². The van der Waals surface area contributed by atoms with E-state index in [9.17, 15) is 4.79 Å². The molecule has 0 bridgehead atoms. The molecule has 3 aromatic rings. The molecule has 1 N–H and O–H groups in total. The molecule has 0 radical (unpaired) electrons. The molecule has 0 spiro atoms. The standard InChI is InChI=1S/C22H23NO5/c1-26-19-10-8-17(12-21(19)27-2)14-23(13-16-6-4-3-5-7-16)15-18-9-11-20(28-18)22(24)25/h3-12H,13-15H2,1-2H3,(H,24,25). The first-order chi connectivity index (χ1) is 13.6. The van der Waals surface area contributed by atoms with Gasteiger partial charge in [-0.2, -0.15) is 0 Å². The Morgan fingerprint density at radius 2 is 1.61 bits per heavy atom. The van der Waals surface area contributed by atoms with Gasteiger partial charge in [0, 0.05) is 13.1 Å². The first kappa shape index (κ1) is 19.5. The number of carboxylic acids is 1. The Balaban J connectivity index is 1.81. The minimum atomic E-state index is -1.07. The molecule has 0 aliphatic rings. The van der Waals surface area contributed by atoms with E-state index >= 15 is 0 Å². The Morgan fingerprint density at radius 1 is 0.893 bits per heavy atom. The van der Waals surface area contributed by atoms with Gasteiger partial charge in [0.15, 0.2) is 11.5 Å². The zero-order valence-corrected chi connectivity index (χ0v) is 15.9. The first-order valence-corrected chi connectivity index (χ1v) is 8.88. The number of hydrogen-bond donors (Lipinski definition) is 1. The number of hydrogen-bond acceptors (Lipinski definition) is 5. The van der Waals surface area contributed by atoms with Crippen LogP contribution < -0.4 is 9.47 Å². The summed E-state index contributed by atoms with van der Waals surface area (Å²) in [4.78, 5) is 13.3. The van der Waals surface area contributed by atoms with Crippen LogP contribution in [0, 0.1) is 0 Å². The molecule has 28 heavy (non-hydrogen) atoms. The third-order valence-electron chi connectivity index (χ3n) is 4.36. The van der Waals surface area contributed by atoms with Gasteiger partial charge in [0.1, 0.15) is 5.76 Å². The third-order valence-corrected chi connectivity index (χ3v) is 4.36. The van der Waals surface area contributed by atoms with Gasteiger partial charge >= 0.3 is 5.97 Å². The summed E-state index contributed by atoms with van der Waals surface area (Å²) in [6.45, 7) is 1.81. The van der Waals surface area contributed by atoms with E-state index in [0.29, 0.717) is 36.9 Å². The van der Waals surface area contributed by atoms with Crippen molar-refractivity contribution in [3.63, 3.8) is 0 Å². The van der Waals surface area contributed by atoms with Crippen molar-refractivity contribution in [2.75, 3.05) is 14.2 Å². The van der Waals surface area contributed by atoms with E-state index in [4.69, 9.17) is 19.0 Å². The van der Waals surface area contributed by atoms with Gasteiger partial charge in [-0.25, -0.2) is 4.79 Å². The number of aromatic carboxylic acids is 1. The molecule has 1 heterocycles. The van der Waals surface area contributed by atoms with Crippen LogP contribution in [0.4, 0.5) is 0 Å². The molecule has 0 fully saturated rings. The summed E-state index contributed by atoms with van der Waals surface area (Å²) in [5.74, 6) is 0.833. The van der Waals surface area contributed by atoms with E-state index in [1.54, 1.807) is 20.3 Å². The molecule has 0 aliphatic carbocycles. The van der Waals surface area contributed by atoms with Crippen LogP contribution in [0.25, 0.3) is 0 Å². The molecule has 6 heteroatoms. The van der Waals surface area contributed by atoms with Crippen LogP contribution in [-0.4, -0.2) is 30.2 Å². The fourth-order valence-corrected chi connectivity index (χ4v) is 3.04. The Bertz CT molecular complexity index is 920. The maximum absolute atomic E-state index is 11.1. The molecule has 6 nitrogen and oxygen atoms in total. The lowest BCUT2D eigenvalue weighted by Crippen LogP contribution is -2.22. The summed E-state index contributed by atoms with van der Waals surface area (Å²) >= 11 is 0. The highest BCUT2D eigenvalue weighted by molar-refractivity contribution is 5.84. The number of nitrogens with zero attached hydrogens (tertiary/aromatic N) is 1. The highest BCUT2D eigenvalue weighted by atomic mass is 16.5. The summed E-state index contributed by atoms with van der Waals surface area (Å²) in [7, 11) is 3.22. The largest absolute Gasteiger partial charge is 0.493 e. The van der Waals surface area contributed by atoms with Crippen LogP contribution >= 0.6 is 0 Å². The van der Waals surface area contributed by atoms with Crippen molar-refractivity contribution < 1.29 is 23.8 Å². The van der Waals surface area contributed by atoms with Gasteiger partial charge in [-0.1, -0.05) is 36.4 Å². The van der Waals surface area contributed by atoms with Crippen molar-refractivity contribution in [2.45, 2.75) is 19.6 Å². The number of rotatable bonds is 9. The molecule has 3 rings (SSSR count). The summed E-state index contributed by atoms with van der Waals surface area (Å²) < 4.78 is 16.1. The van der Waals surface area contributed by atoms with Gasteiger partial charge in [0.2, 0.25) is 5.76 Å². The lowest BCUT2D eigenvalue weighted by Gasteiger charge is -2.22. The van der Waals surface area contributed by atoms with Crippen molar-refractivity contribution in [3.8, 4) is 11.5 Å². The Labute approximate surface area is 163 Å². The molecular weight excluding hydrogens is 358 g/mol. The highest BCUT2D eigenvalue weighted by Gasteiger charge is 2.15. The predicted molar refractivity (Wildman–Crippen MR) is 105 cm³/mol. The van der Waals surface area contributed by atoms with E-state index in [-0.39, 0.29) is 5.76 Å². The second-order valence-electron chi connectivity index (χ2n) is 6.39. The van der Waals surface area contributed by atoms with E-state index < -0.39 is 5.97 Å². The SMILES string of the molecule is COc1ccc(CN(Cc2ccccc2)Cc2ccc(C(=O)O)o2)cc1OC. The molecule has 0 saturated carbocycles. The van der Waals surface area contributed by atoms with E-state index in [2.05, 4.69) is 17.0 Å². The molecule has 1 aromatic heterocycles. The second-order valence-corrected chi connectivity index (χ2v) is 6.39. The predicted octanol–water partition coefficient (Wildman–Crippen LogP) is 4.20. The number of ether oxygens (including phenoxy) is 2. The number of carbonyl (C=O) groups is 1. The van der Waals surface area contributed by atoms with Crippen molar-refractivity contribution in [1.29, 1.82) is 0 Å². The monoisotopic (exact) mass is 381 g/mol. The molecule has 0 unspecified atom stereocenters. The molecule has 0 amide bonds. The number of carboxylic acid groups (broad SMARTS) is 1. The number of benzene rings is 2. The first-order valence-electron chi connectivity index (χ1n) is 8.88. The molecule has 0 saturated heterocycles.